The summed E-state index contributed by atoms with van der Waals surface area (Å²) in [7, 11) is 1.55. The van der Waals surface area contributed by atoms with Crippen molar-refractivity contribution in [2.75, 3.05) is 25.5 Å². The predicted octanol–water partition coefficient (Wildman–Crippen LogP) is 4.58. The van der Waals surface area contributed by atoms with Crippen LogP contribution in [0.3, 0.4) is 0 Å². The number of halogens is 3. The SMILES string of the molecule is COc1ccc(C(=O)NCC2CCCCN2C(=O)Nc2ccc(-c3noc(C(F)(F)F)n3)cc2)cc1. The molecule has 1 aliphatic heterocycles. The second-order valence-corrected chi connectivity index (χ2v) is 8.21. The first-order valence-corrected chi connectivity index (χ1v) is 11.3. The van der Waals surface area contributed by atoms with Crippen molar-refractivity contribution < 1.29 is 32.0 Å². The molecule has 190 valence electrons. The number of carbonyl (C=O) groups excluding carboxylic acids is 2. The van der Waals surface area contributed by atoms with Crippen LogP contribution in [0.2, 0.25) is 0 Å². The van der Waals surface area contributed by atoms with E-state index in [4.69, 9.17) is 4.74 Å². The van der Waals surface area contributed by atoms with Gasteiger partial charge in [-0.1, -0.05) is 5.16 Å². The molecule has 36 heavy (non-hydrogen) atoms. The number of ether oxygens (including phenoxy) is 1. The molecule has 3 amide bonds. The van der Waals surface area contributed by atoms with Crippen LogP contribution in [0.5, 0.6) is 5.75 Å². The van der Waals surface area contributed by atoms with Crippen LogP contribution in [-0.2, 0) is 6.18 Å². The van der Waals surface area contributed by atoms with Gasteiger partial charge in [-0.2, -0.15) is 18.2 Å². The summed E-state index contributed by atoms with van der Waals surface area (Å²) in [4.78, 5) is 30.5. The van der Waals surface area contributed by atoms with Gasteiger partial charge in [-0.15, -0.1) is 0 Å². The van der Waals surface area contributed by atoms with E-state index in [2.05, 4.69) is 25.3 Å². The van der Waals surface area contributed by atoms with Gasteiger partial charge in [0, 0.05) is 29.9 Å². The number of nitrogens with zero attached hydrogens (tertiary/aromatic N) is 3. The van der Waals surface area contributed by atoms with Crippen molar-refractivity contribution in [2.45, 2.75) is 31.5 Å². The van der Waals surface area contributed by atoms with Gasteiger partial charge in [-0.25, -0.2) is 4.79 Å². The summed E-state index contributed by atoms with van der Waals surface area (Å²) in [5.41, 5.74) is 1.26. The minimum atomic E-state index is -4.72. The molecule has 2 aromatic carbocycles. The number of aromatic nitrogens is 2. The highest BCUT2D eigenvalue weighted by molar-refractivity contribution is 5.94. The number of likely N-dealkylation sites (tertiary alicyclic amines) is 1. The zero-order valence-electron chi connectivity index (χ0n) is 19.3. The normalized spacial score (nSPS) is 15.9. The number of carbonyl (C=O) groups is 2. The van der Waals surface area contributed by atoms with Crippen LogP contribution in [0.4, 0.5) is 23.7 Å². The predicted molar refractivity (Wildman–Crippen MR) is 123 cm³/mol. The van der Waals surface area contributed by atoms with Gasteiger partial charge in [-0.05, 0) is 67.8 Å². The number of rotatable bonds is 6. The molecule has 1 aliphatic rings. The fourth-order valence-electron chi connectivity index (χ4n) is 3.89. The van der Waals surface area contributed by atoms with E-state index in [9.17, 15) is 22.8 Å². The average molecular weight is 503 g/mol. The lowest BCUT2D eigenvalue weighted by atomic mass is 10.0. The molecule has 1 saturated heterocycles. The number of piperidine rings is 1. The maximum atomic E-state index is 13.0. The summed E-state index contributed by atoms with van der Waals surface area (Å²) >= 11 is 0. The Morgan fingerprint density at radius 2 is 1.83 bits per heavy atom. The third-order valence-corrected chi connectivity index (χ3v) is 5.80. The van der Waals surface area contributed by atoms with Crippen molar-refractivity contribution in [2.24, 2.45) is 0 Å². The minimum Gasteiger partial charge on any atom is -0.497 e. The number of urea groups is 1. The summed E-state index contributed by atoms with van der Waals surface area (Å²) in [5.74, 6) is -1.22. The van der Waals surface area contributed by atoms with Gasteiger partial charge in [0.15, 0.2) is 0 Å². The lowest BCUT2D eigenvalue weighted by molar-refractivity contribution is -0.159. The van der Waals surface area contributed by atoms with E-state index in [1.807, 2.05) is 0 Å². The van der Waals surface area contributed by atoms with Crippen LogP contribution < -0.4 is 15.4 Å². The van der Waals surface area contributed by atoms with E-state index in [1.165, 1.54) is 12.1 Å². The first-order valence-electron chi connectivity index (χ1n) is 11.3. The number of hydrogen-bond donors (Lipinski definition) is 2. The molecule has 2 heterocycles. The zero-order valence-corrected chi connectivity index (χ0v) is 19.3. The number of methoxy groups -OCH3 is 1. The molecule has 0 saturated carbocycles. The first kappa shape index (κ1) is 25.0. The maximum absolute atomic E-state index is 13.0. The Hall–Kier alpha value is -4.09. The van der Waals surface area contributed by atoms with E-state index >= 15 is 0 Å². The maximum Gasteiger partial charge on any atom is 0.471 e. The smallest absolute Gasteiger partial charge is 0.471 e. The fourth-order valence-corrected chi connectivity index (χ4v) is 3.89. The molecule has 0 bridgehead atoms. The molecular formula is C24H24F3N5O4. The Morgan fingerprint density at radius 3 is 2.47 bits per heavy atom. The summed E-state index contributed by atoms with van der Waals surface area (Å²) in [6, 6.07) is 12.3. The lowest BCUT2D eigenvalue weighted by Crippen LogP contribution is -2.50. The Labute approximate surface area is 204 Å². The van der Waals surface area contributed by atoms with E-state index in [0.29, 0.717) is 35.7 Å². The van der Waals surface area contributed by atoms with Crippen molar-refractivity contribution >= 4 is 17.6 Å². The first-order chi connectivity index (χ1) is 17.2. The number of nitrogens with one attached hydrogen (secondary N) is 2. The van der Waals surface area contributed by atoms with Crippen molar-refractivity contribution in [1.29, 1.82) is 0 Å². The molecule has 1 atom stereocenters. The molecule has 1 aromatic heterocycles. The largest absolute Gasteiger partial charge is 0.497 e. The summed E-state index contributed by atoms with van der Waals surface area (Å²) in [6.07, 6.45) is -2.20. The lowest BCUT2D eigenvalue weighted by Gasteiger charge is -2.35. The zero-order chi connectivity index (χ0) is 25.7. The van der Waals surface area contributed by atoms with E-state index in [1.54, 1.807) is 48.4 Å². The number of benzene rings is 2. The molecular weight excluding hydrogens is 479 g/mol. The van der Waals surface area contributed by atoms with Crippen LogP contribution in [0.25, 0.3) is 11.4 Å². The molecule has 12 heteroatoms. The minimum absolute atomic E-state index is 0.180. The molecule has 1 fully saturated rings. The van der Waals surface area contributed by atoms with Crippen LogP contribution in [0.1, 0.15) is 35.5 Å². The van der Waals surface area contributed by atoms with Crippen LogP contribution in [-0.4, -0.2) is 53.2 Å². The average Bonchev–Trinajstić information content (AvgIpc) is 3.39. The highest BCUT2D eigenvalue weighted by Gasteiger charge is 2.38. The quantitative estimate of drug-likeness (QED) is 0.510. The Kier molecular flexibility index (Phi) is 7.41. The molecule has 0 aliphatic carbocycles. The molecule has 9 nitrogen and oxygen atoms in total. The molecule has 1 unspecified atom stereocenters. The summed E-state index contributed by atoms with van der Waals surface area (Å²) in [6.45, 7) is 0.840. The molecule has 3 aromatic rings. The van der Waals surface area contributed by atoms with Crippen molar-refractivity contribution in [3.8, 4) is 17.1 Å². The molecule has 0 radical (unpaired) electrons. The van der Waals surface area contributed by atoms with Crippen molar-refractivity contribution in [3.05, 3.63) is 60.0 Å². The number of hydrogen-bond acceptors (Lipinski definition) is 6. The van der Waals surface area contributed by atoms with Crippen LogP contribution in [0, 0.1) is 0 Å². The molecule has 2 N–H and O–H groups in total. The Morgan fingerprint density at radius 1 is 1.11 bits per heavy atom. The van der Waals surface area contributed by atoms with Gasteiger partial charge in [0.05, 0.1) is 13.2 Å². The van der Waals surface area contributed by atoms with Gasteiger partial charge >= 0.3 is 18.1 Å². The van der Waals surface area contributed by atoms with Gasteiger partial charge < -0.3 is 24.8 Å². The van der Waals surface area contributed by atoms with Crippen molar-refractivity contribution in [3.63, 3.8) is 0 Å². The van der Waals surface area contributed by atoms with Crippen LogP contribution >= 0.6 is 0 Å². The Balaban J connectivity index is 1.35. The van der Waals surface area contributed by atoms with Gasteiger partial charge in [0.2, 0.25) is 5.82 Å². The summed E-state index contributed by atoms with van der Waals surface area (Å²) in [5, 5.41) is 9.04. The standard InChI is InChI=1S/C24H24F3N5O4/c1-35-19-11-7-16(8-12-19)21(33)28-14-18-4-2-3-13-32(18)23(34)29-17-9-5-15(6-10-17)20-30-22(36-31-20)24(25,26)27/h5-12,18H,2-4,13-14H2,1H3,(H,28,33)(H,29,34). The van der Waals surface area contributed by atoms with E-state index in [0.717, 1.165) is 19.3 Å². The Bertz CT molecular complexity index is 1200. The molecule has 4 rings (SSSR count). The number of anilines is 1. The highest BCUT2D eigenvalue weighted by Crippen LogP contribution is 2.29. The second-order valence-electron chi connectivity index (χ2n) is 8.21. The van der Waals surface area contributed by atoms with E-state index < -0.39 is 12.1 Å². The number of amides is 3. The topological polar surface area (TPSA) is 110 Å². The third-order valence-electron chi connectivity index (χ3n) is 5.80. The highest BCUT2D eigenvalue weighted by atomic mass is 19.4. The van der Waals surface area contributed by atoms with Gasteiger partial charge in [0.1, 0.15) is 5.75 Å². The van der Waals surface area contributed by atoms with Crippen molar-refractivity contribution in [1.82, 2.24) is 20.4 Å². The third kappa shape index (κ3) is 5.93. The van der Waals surface area contributed by atoms with Gasteiger partial charge in [-0.3, -0.25) is 4.79 Å². The summed E-state index contributed by atoms with van der Waals surface area (Å²) < 4.78 is 47.4. The van der Waals surface area contributed by atoms with Gasteiger partial charge in [0.25, 0.3) is 5.91 Å². The number of alkyl halides is 3. The second kappa shape index (κ2) is 10.7. The van der Waals surface area contributed by atoms with E-state index in [-0.39, 0.29) is 23.8 Å². The monoisotopic (exact) mass is 503 g/mol. The molecule has 0 spiro atoms. The van der Waals surface area contributed by atoms with Crippen LogP contribution in [0.15, 0.2) is 53.1 Å². The fraction of sp³-hybridized carbons (Fsp3) is 0.333.